The minimum Gasteiger partial charge on any atom is -0.375 e. The summed E-state index contributed by atoms with van der Waals surface area (Å²) in [4.78, 5) is 0. The fourth-order valence-corrected chi connectivity index (χ4v) is 4.01. The minimum atomic E-state index is -0.219. The van der Waals surface area contributed by atoms with Gasteiger partial charge in [-0.2, -0.15) is 5.26 Å². The monoisotopic (exact) mass is 273 g/mol. The van der Waals surface area contributed by atoms with Gasteiger partial charge in [0, 0.05) is 18.4 Å². The van der Waals surface area contributed by atoms with Crippen LogP contribution in [0.5, 0.6) is 0 Å². The molecule has 1 aromatic rings. The molecule has 106 valence electrons. The molecule has 2 aliphatic rings. The second-order valence-corrected chi connectivity index (χ2v) is 6.29. The maximum absolute atomic E-state index is 13.2. The van der Waals surface area contributed by atoms with Crippen LogP contribution in [0.4, 0.5) is 4.39 Å². The lowest BCUT2D eigenvalue weighted by atomic mass is 9.66. The van der Waals surface area contributed by atoms with E-state index < -0.39 is 0 Å². The van der Waals surface area contributed by atoms with Gasteiger partial charge in [0.05, 0.1) is 11.7 Å². The minimum absolute atomic E-state index is 0.0382. The Morgan fingerprint density at radius 2 is 1.85 bits per heavy atom. The highest BCUT2D eigenvalue weighted by Gasteiger charge is 2.47. The Labute approximate surface area is 119 Å². The lowest BCUT2D eigenvalue weighted by Gasteiger charge is -2.46. The molecule has 0 aromatic heterocycles. The molecule has 3 rings (SSSR count). The smallest absolute Gasteiger partial charge is 0.123 e. The maximum Gasteiger partial charge on any atom is 0.123 e. The van der Waals surface area contributed by atoms with Crippen LogP contribution in [0.25, 0.3) is 0 Å². The SMILES string of the molecule is N#CC[C@@]1(c2ccc(F)cc2)CCOC2(CCCC2)C1. The van der Waals surface area contributed by atoms with E-state index in [1.165, 1.54) is 25.0 Å². The van der Waals surface area contributed by atoms with Gasteiger partial charge >= 0.3 is 0 Å². The molecule has 1 saturated carbocycles. The van der Waals surface area contributed by atoms with Gasteiger partial charge in [-0.1, -0.05) is 25.0 Å². The first-order chi connectivity index (χ1) is 9.68. The second-order valence-electron chi connectivity index (χ2n) is 6.29. The Morgan fingerprint density at radius 1 is 1.15 bits per heavy atom. The van der Waals surface area contributed by atoms with Crippen LogP contribution in [0.1, 0.15) is 50.5 Å². The van der Waals surface area contributed by atoms with Crippen LogP contribution in [-0.2, 0) is 10.2 Å². The molecular weight excluding hydrogens is 253 g/mol. The Balaban J connectivity index is 1.95. The molecule has 0 radical (unpaired) electrons. The van der Waals surface area contributed by atoms with Crippen molar-refractivity contribution in [1.82, 2.24) is 0 Å². The summed E-state index contributed by atoms with van der Waals surface area (Å²) in [6.45, 7) is 0.707. The molecule has 1 aromatic carbocycles. The molecular formula is C17H20FNO. The van der Waals surface area contributed by atoms with E-state index in [4.69, 9.17) is 4.74 Å². The first-order valence-corrected chi connectivity index (χ1v) is 7.45. The van der Waals surface area contributed by atoms with Crippen molar-refractivity contribution >= 4 is 0 Å². The van der Waals surface area contributed by atoms with E-state index in [0.29, 0.717) is 13.0 Å². The van der Waals surface area contributed by atoms with E-state index in [-0.39, 0.29) is 16.8 Å². The molecule has 2 nitrogen and oxygen atoms in total. The second kappa shape index (κ2) is 5.18. The van der Waals surface area contributed by atoms with Gasteiger partial charge in [-0.15, -0.1) is 0 Å². The molecule has 0 N–H and O–H groups in total. The van der Waals surface area contributed by atoms with E-state index in [1.807, 2.05) is 12.1 Å². The van der Waals surface area contributed by atoms with E-state index >= 15 is 0 Å². The highest BCUT2D eigenvalue weighted by Crippen LogP contribution is 2.49. The number of nitrogens with zero attached hydrogens (tertiary/aromatic N) is 1. The topological polar surface area (TPSA) is 33.0 Å². The molecule has 2 fully saturated rings. The first-order valence-electron chi connectivity index (χ1n) is 7.45. The van der Waals surface area contributed by atoms with Crippen molar-refractivity contribution in [3.63, 3.8) is 0 Å². The van der Waals surface area contributed by atoms with Gasteiger partial charge in [0.1, 0.15) is 5.82 Å². The molecule has 1 atom stereocenters. The van der Waals surface area contributed by atoms with Crippen LogP contribution < -0.4 is 0 Å². The molecule has 1 heterocycles. The summed E-state index contributed by atoms with van der Waals surface area (Å²) >= 11 is 0. The summed E-state index contributed by atoms with van der Waals surface area (Å²) in [6, 6.07) is 9.05. The van der Waals surface area contributed by atoms with Gasteiger partial charge in [-0.25, -0.2) is 4.39 Å². The summed E-state index contributed by atoms with van der Waals surface area (Å²) < 4.78 is 19.3. The number of nitriles is 1. The van der Waals surface area contributed by atoms with Crippen LogP contribution in [0, 0.1) is 17.1 Å². The molecule has 0 unspecified atom stereocenters. The van der Waals surface area contributed by atoms with Gasteiger partial charge in [0.15, 0.2) is 0 Å². The zero-order chi connectivity index (χ0) is 14.1. The van der Waals surface area contributed by atoms with Gasteiger partial charge in [0.25, 0.3) is 0 Å². The molecule has 1 spiro atoms. The van der Waals surface area contributed by atoms with Crippen LogP contribution in [0.2, 0.25) is 0 Å². The molecule has 1 saturated heterocycles. The van der Waals surface area contributed by atoms with Gasteiger partial charge in [-0.3, -0.25) is 0 Å². The third kappa shape index (κ3) is 2.33. The standard InChI is InChI=1S/C17H20FNO/c18-15-5-3-14(4-6-15)16(9-11-19)10-12-20-17(13-16)7-1-2-8-17/h3-6H,1-2,7-10,12-13H2/t16-/m1/s1. The predicted molar refractivity (Wildman–Crippen MR) is 74.7 cm³/mol. The van der Waals surface area contributed by atoms with Crippen molar-refractivity contribution in [2.75, 3.05) is 6.61 Å². The van der Waals surface area contributed by atoms with Crippen LogP contribution in [0.3, 0.4) is 0 Å². The fraction of sp³-hybridized carbons (Fsp3) is 0.588. The van der Waals surface area contributed by atoms with Crippen LogP contribution in [-0.4, -0.2) is 12.2 Å². The highest BCUT2D eigenvalue weighted by molar-refractivity contribution is 5.29. The lowest BCUT2D eigenvalue weighted by Crippen LogP contribution is -2.45. The van der Waals surface area contributed by atoms with E-state index in [0.717, 1.165) is 31.2 Å². The highest BCUT2D eigenvalue weighted by atomic mass is 19.1. The van der Waals surface area contributed by atoms with Crippen molar-refractivity contribution in [3.05, 3.63) is 35.6 Å². The van der Waals surface area contributed by atoms with Crippen molar-refractivity contribution < 1.29 is 9.13 Å². The van der Waals surface area contributed by atoms with Crippen LogP contribution >= 0.6 is 0 Å². The van der Waals surface area contributed by atoms with Crippen molar-refractivity contribution in [3.8, 4) is 6.07 Å². The van der Waals surface area contributed by atoms with Crippen molar-refractivity contribution in [2.24, 2.45) is 0 Å². The Bertz CT molecular complexity index is 513. The number of ether oxygens (including phenoxy) is 1. The summed E-state index contributed by atoms with van der Waals surface area (Å²) in [6.07, 6.45) is 6.87. The zero-order valence-corrected chi connectivity index (χ0v) is 11.7. The lowest BCUT2D eigenvalue weighted by molar-refractivity contribution is -0.101. The largest absolute Gasteiger partial charge is 0.375 e. The molecule has 1 aliphatic carbocycles. The molecule has 1 aliphatic heterocycles. The third-order valence-electron chi connectivity index (χ3n) is 5.04. The van der Waals surface area contributed by atoms with Gasteiger partial charge in [0.2, 0.25) is 0 Å². The van der Waals surface area contributed by atoms with Crippen LogP contribution in [0.15, 0.2) is 24.3 Å². The van der Waals surface area contributed by atoms with Crippen molar-refractivity contribution in [1.29, 1.82) is 5.26 Å². The molecule has 0 amide bonds. The number of rotatable bonds is 2. The van der Waals surface area contributed by atoms with E-state index in [2.05, 4.69) is 6.07 Å². The van der Waals surface area contributed by atoms with Gasteiger partial charge < -0.3 is 4.74 Å². The summed E-state index contributed by atoms with van der Waals surface area (Å²) in [5.41, 5.74) is 0.893. The summed E-state index contributed by atoms with van der Waals surface area (Å²) in [5, 5.41) is 9.27. The molecule has 3 heteroatoms. The summed E-state index contributed by atoms with van der Waals surface area (Å²) in [5.74, 6) is -0.219. The number of hydrogen-bond donors (Lipinski definition) is 0. The normalized spacial score (nSPS) is 28.4. The average Bonchev–Trinajstić information content (AvgIpc) is 2.87. The van der Waals surface area contributed by atoms with E-state index in [1.54, 1.807) is 0 Å². The predicted octanol–water partition coefficient (Wildman–Crippen LogP) is 4.10. The number of hydrogen-bond acceptors (Lipinski definition) is 2. The molecule has 20 heavy (non-hydrogen) atoms. The van der Waals surface area contributed by atoms with Crippen molar-refractivity contribution in [2.45, 2.75) is 56.0 Å². The number of benzene rings is 1. The van der Waals surface area contributed by atoms with E-state index in [9.17, 15) is 9.65 Å². The quantitative estimate of drug-likeness (QED) is 0.812. The Hall–Kier alpha value is -1.40. The first kappa shape index (κ1) is 13.6. The summed E-state index contributed by atoms with van der Waals surface area (Å²) in [7, 11) is 0. The Morgan fingerprint density at radius 3 is 2.50 bits per heavy atom. The zero-order valence-electron chi connectivity index (χ0n) is 11.7. The maximum atomic E-state index is 13.2. The fourth-order valence-electron chi connectivity index (χ4n) is 4.01. The number of halogens is 1. The Kier molecular flexibility index (Phi) is 3.52. The third-order valence-corrected chi connectivity index (χ3v) is 5.04. The molecule has 0 bridgehead atoms. The van der Waals surface area contributed by atoms with Gasteiger partial charge in [-0.05, 0) is 43.4 Å². The average molecular weight is 273 g/mol.